The Kier molecular flexibility index (Phi) is 6.70. The normalized spacial score (nSPS) is 14.6. The molecule has 0 aromatic carbocycles. The van der Waals surface area contributed by atoms with Crippen molar-refractivity contribution in [2.45, 2.75) is 38.5 Å². The largest absolute Gasteiger partial charge is 0.335 e. The molecule has 0 spiro atoms. The second-order valence-electron chi connectivity index (χ2n) is 11.0. The molecule has 0 saturated carbocycles. The van der Waals surface area contributed by atoms with Crippen LogP contribution in [0.2, 0.25) is 0 Å². The van der Waals surface area contributed by atoms with E-state index in [0.29, 0.717) is 0 Å². The maximum absolute atomic E-state index is 4.39. The zero-order chi connectivity index (χ0) is 28.6. The average Bonchev–Trinajstić information content (AvgIpc) is 3.39. The summed E-state index contributed by atoms with van der Waals surface area (Å²) >= 11 is 0. The summed E-state index contributed by atoms with van der Waals surface area (Å²) < 4.78 is 6.20. The van der Waals surface area contributed by atoms with Gasteiger partial charge in [0.2, 0.25) is 0 Å². The highest BCUT2D eigenvalue weighted by Crippen LogP contribution is 2.28. The first-order valence-electron chi connectivity index (χ1n) is 14.5. The van der Waals surface area contributed by atoms with Crippen LogP contribution in [0.5, 0.6) is 0 Å². The Labute approximate surface area is 244 Å². The summed E-state index contributed by atoms with van der Waals surface area (Å²) in [5, 5.41) is 3.68. The Morgan fingerprint density at radius 1 is 0.548 bits per heavy atom. The fraction of sp³-hybridized carbons (Fsp3) is 0.273. The molecular formula is C33H33N9. The number of hydrogen-bond donors (Lipinski definition) is 0. The molecule has 9 nitrogen and oxygen atoms in total. The summed E-state index contributed by atoms with van der Waals surface area (Å²) in [6, 6.07) is 0. The molecule has 0 fully saturated rings. The Balaban J connectivity index is 0.000000103. The van der Waals surface area contributed by atoms with Gasteiger partial charge in [0.1, 0.15) is 35.9 Å². The summed E-state index contributed by atoms with van der Waals surface area (Å²) in [6.45, 7) is 0. The van der Waals surface area contributed by atoms with Crippen LogP contribution in [0.3, 0.4) is 0 Å². The smallest absolute Gasteiger partial charge is 0.144 e. The Morgan fingerprint density at radius 3 is 1.93 bits per heavy atom. The SMILES string of the molecule is Cn1cc2c3c(ncnc31)C=CC=C2.Cn1cc2c3c(ncnc31)CCC=C2.Cn1cc2c3c(ncnc31)CCCC2. The molecule has 6 heterocycles. The number of aryl methyl sites for hydroxylation is 6. The number of aromatic nitrogens is 9. The Hall–Kier alpha value is -4.92. The molecule has 9 heteroatoms. The number of allylic oxidation sites excluding steroid dienone is 3. The lowest BCUT2D eigenvalue weighted by Crippen LogP contribution is -1.94. The minimum atomic E-state index is 0.987. The molecule has 42 heavy (non-hydrogen) atoms. The van der Waals surface area contributed by atoms with E-state index >= 15 is 0 Å². The maximum atomic E-state index is 4.39. The molecule has 0 N–H and O–H groups in total. The van der Waals surface area contributed by atoms with Crippen LogP contribution in [0, 0.1) is 0 Å². The predicted molar refractivity (Wildman–Crippen MR) is 168 cm³/mol. The van der Waals surface area contributed by atoms with Crippen molar-refractivity contribution in [3.8, 4) is 0 Å². The van der Waals surface area contributed by atoms with Gasteiger partial charge in [-0.3, -0.25) is 0 Å². The van der Waals surface area contributed by atoms with E-state index in [1.165, 1.54) is 58.1 Å². The van der Waals surface area contributed by atoms with Crippen LogP contribution in [0.15, 0.2) is 55.8 Å². The fourth-order valence-corrected chi connectivity index (χ4v) is 6.24. The molecule has 0 unspecified atom stereocenters. The third kappa shape index (κ3) is 4.60. The van der Waals surface area contributed by atoms with E-state index in [0.717, 1.165) is 47.3 Å². The Bertz CT molecular complexity index is 2030. The van der Waals surface area contributed by atoms with Gasteiger partial charge in [-0.1, -0.05) is 30.4 Å². The highest BCUT2D eigenvalue weighted by molar-refractivity contribution is 5.94. The second-order valence-corrected chi connectivity index (χ2v) is 11.0. The van der Waals surface area contributed by atoms with Crippen molar-refractivity contribution in [1.29, 1.82) is 0 Å². The quantitative estimate of drug-likeness (QED) is 0.236. The van der Waals surface area contributed by atoms with Crippen molar-refractivity contribution in [2.24, 2.45) is 21.1 Å². The highest BCUT2D eigenvalue weighted by atomic mass is 15.0. The van der Waals surface area contributed by atoms with E-state index < -0.39 is 0 Å². The van der Waals surface area contributed by atoms with Crippen molar-refractivity contribution in [3.05, 3.63) is 89.6 Å². The molecule has 0 radical (unpaired) electrons. The lowest BCUT2D eigenvalue weighted by Gasteiger charge is -1.99. The standard InChI is InChI=1S/C11H13N3.C11H11N3.C11H9N3/c3*1-14-6-8-4-2-3-5-9-10(8)11(14)13-7-12-9/h6-7H,2-5H2,1H3;2,4,6-7H,3,5H2,1H3;2-7H,1H3. The fourth-order valence-electron chi connectivity index (χ4n) is 6.24. The minimum absolute atomic E-state index is 0.987. The van der Waals surface area contributed by atoms with Crippen LogP contribution in [-0.4, -0.2) is 43.6 Å². The van der Waals surface area contributed by atoms with Gasteiger partial charge in [0.05, 0.1) is 22.5 Å². The first-order chi connectivity index (χ1) is 20.6. The minimum Gasteiger partial charge on any atom is -0.335 e. The number of rotatable bonds is 0. The van der Waals surface area contributed by atoms with Crippen LogP contribution >= 0.6 is 0 Å². The molecule has 3 aliphatic carbocycles. The van der Waals surface area contributed by atoms with Crippen molar-refractivity contribution < 1.29 is 0 Å². The van der Waals surface area contributed by atoms with Gasteiger partial charge in [0, 0.05) is 61.6 Å². The molecule has 9 rings (SSSR count). The summed E-state index contributed by atoms with van der Waals surface area (Å²) in [5.41, 5.74) is 10.4. The first-order valence-corrected chi connectivity index (χ1v) is 14.5. The molecule has 0 amide bonds. The first kappa shape index (κ1) is 26.0. The van der Waals surface area contributed by atoms with Gasteiger partial charge in [-0.25, -0.2) is 29.9 Å². The van der Waals surface area contributed by atoms with E-state index in [-0.39, 0.29) is 0 Å². The van der Waals surface area contributed by atoms with Crippen LogP contribution in [0.1, 0.15) is 53.0 Å². The van der Waals surface area contributed by atoms with E-state index in [1.807, 2.05) is 36.9 Å². The maximum Gasteiger partial charge on any atom is 0.144 e. The van der Waals surface area contributed by atoms with Gasteiger partial charge in [0.25, 0.3) is 0 Å². The van der Waals surface area contributed by atoms with Gasteiger partial charge < -0.3 is 13.7 Å². The number of hydrogen-bond acceptors (Lipinski definition) is 6. The molecule has 6 aromatic heterocycles. The van der Waals surface area contributed by atoms with Gasteiger partial charge in [-0.05, 0) is 50.2 Å². The predicted octanol–water partition coefficient (Wildman–Crippen LogP) is 5.78. The van der Waals surface area contributed by atoms with Crippen molar-refractivity contribution in [1.82, 2.24) is 43.6 Å². The van der Waals surface area contributed by atoms with Crippen molar-refractivity contribution in [2.75, 3.05) is 0 Å². The molecule has 3 aliphatic rings. The van der Waals surface area contributed by atoms with E-state index in [9.17, 15) is 0 Å². The molecule has 0 aliphatic heterocycles. The molecule has 0 bridgehead atoms. The summed E-state index contributed by atoms with van der Waals surface area (Å²) in [5.74, 6) is 0. The van der Waals surface area contributed by atoms with Crippen LogP contribution in [-0.2, 0) is 40.4 Å². The topological polar surface area (TPSA) is 92.1 Å². The zero-order valence-corrected chi connectivity index (χ0v) is 24.2. The van der Waals surface area contributed by atoms with Gasteiger partial charge in [0.15, 0.2) is 0 Å². The third-order valence-electron chi connectivity index (χ3n) is 8.18. The average molecular weight is 556 g/mol. The monoisotopic (exact) mass is 555 g/mol. The highest BCUT2D eigenvalue weighted by Gasteiger charge is 2.16. The van der Waals surface area contributed by atoms with E-state index in [4.69, 9.17) is 0 Å². The second kappa shape index (κ2) is 10.8. The van der Waals surface area contributed by atoms with E-state index in [2.05, 4.69) is 82.9 Å². The number of nitrogens with zero attached hydrogens (tertiary/aromatic N) is 9. The lowest BCUT2D eigenvalue weighted by molar-refractivity contribution is 0.737. The third-order valence-corrected chi connectivity index (χ3v) is 8.18. The van der Waals surface area contributed by atoms with Gasteiger partial charge in [-0.2, -0.15) is 0 Å². The van der Waals surface area contributed by atoms with Crippen molar-refractivity contribution in [3.63, 3.8) is 0 Å². The van der Waals surface area contributed by atoms with Crippen LogP contribution in [0.25, 0.3) is 51.3 Å². The van der Waals surface area contributed by atoms with Crippen molar-refractivity contribution >= 4 is 51.3 Å². The summed E-state index contributed by atoms with van der Waals surface area (Å²) in [6.07, 6.45) is 30.7. The van der Waals surface area contributed by atoms with Crippen LogP contribution < -0.4 is 0 Å². The molecular weight excluding hydrogens is 522 g/mol. The van der Waals surface area contributed by atoms with Gasteiger partial charge >= 0.3 is 0 Å². The molecule has 6 aromatic rings. The molecule has 0 saturated heterocycles. The summed E-state index contributed by atoms with van der Waals surface area (Å²) in [4.78, 5) is 25.9. The molecule has 210 valence electrons. The van der Waals surface area contributed by atoms with E-state index in [1.54, 1.807) is 19.0 Å². The zero-order valence-electron chi connectivity index (χ0n) is 24.2. The molecule has 0 atom stereocenters. The Morgan fingerprint density at radius 2 is 1.14 bits per heavy atom. The van der Waals surface area contributed by atoms with Gasteiger partial charge in [-0.15, -0.1) is 0 Å². The summed E-state index contributed by atoms with van der Waals surface area (Å²) in [7, 11) is 6.09. The lowest BCUT2D eigenvalue weighted by atomic mass is 10.1. The van der Waals surface area contributed by atoms with Crippen LogP contribution in [0.4, 0.5) is 0 Å².